The molecule has 1 aliphatic heterocycles. The molecule has 11 nitrogen and oxygen atoms in total. The van der Waals surface area contributed by atoms with Gasteiger partial charge in [0, 0.05) is 41.9 Å². The van der Waals surface area contributed by atoms with Crippen LogP contribution in [0.25, 0.3) is 5.65 Å². The number of benzene rings is 1. The molecule has 0 spiro atoms. The highest BCUT2D eigenvalue weighted by Gasteiger charge is 2.28. The summed E-state index contributed by atoms with van der Waals surface area (Å²) in [5, 5.41) is 32.7. The molecule has 1 atom stereocenters. The molecular weight excluding hydrogens is 450 g/mol. The zero-order chi connectivity index (χ0) is 25.3. The molecule has 35 heavy (non-hydrogen) atoms. The van der Waals surface area contributed by atoms with Crippen molar-refractivity contribution in [3.8, 4) is 0 Å². The first kappa shape index (κ1) is 24.4. The van der Waals surface area contributed by atoms with Crippen LogP contribution in [-0.4, -0.2) is 48.8 Å². The van der Waals surface area contributed by atoms with E-state index >= 15 is 0 Å². The third-order valence-corrected chi connectivity index (χ3v) is 6.37. The van der Waals surface area contributed by atoms with Crippen LogP contribution in [0, 0.1) is 10.1 Å². The smallest absolute Gasteiger partial charge is 0.413 e. The lowest BCUT2D eigenvalue weighted by Crippen LogP contribution is -2.50. The normalized spacial score (nSPS) is 17.5. The van der Waals surface area contributed by atoms with Crippen molar-refractivity contribution >= 4 is 29.1 Å². The molecule has 0 saturated carbocycles. The second-order valence-corrected chi connectivity index (χ2v) is 9.93. The van der Waals surface area contributed by atoms with E-state index in [-0.39, 0.29) is 29.7 Å². The van der Waals surface area contributed by atoms with Gasteiger partial charge >= 0.3 is 6.09 Å². The molecule has 1 unspecified atom stereocenters. The lowest BCUT2D eigenvalue weighted by Gasteiger charge is -2.36. The van der Waals surface area contributed by atoms with Crippen LogP contribution in [0.1, 0.15) is 57.6 Å². The van der Waals surface area contributed by atoms with Crippen LogP contribution in [0.3, 0.4) is 0 Å². The van der Waals surface area contributed by atoms with Gasteiger partial charge in [-0.25, -0.2) is 9.78 Å². The van der Waals surface area contributed by atoms with Gasteiger partial charge in [-0.05, 0) is 38.2 Å². The maximum absolute atomic E-state index is 12.4. The number of carbonyl (C=O) groups is 1. The lowest BCUT2D eigenvalue weighted by molar-refractivity contribution is -0.384. The van der Waals surface area contributed by atoms with Gasteiger partial charge in [0.05, 0.1) is 17.7 Å². The highest BCUT2D eigenvalue weighted by molar-refractivity contribution is 5.86. The summed E-state index contributed by atoms with van der Waals surface area (Å²) in [6.07, 6.45) is 2.46. The van der Waals surface area contributed by atoms with Crippen LogP contribution in [0.4, 0.5) is 22.1 Å². The molecular formula is C24H31N7O4. The number of hydrogen-bond acceptors (Lipinski definition) is 7. The van der Waals surface area contributed by atoms with Crippen molar-refractivity contribution in [1.29, 1.82) is 0 Å². The zero-order valence-corrected chi connectivity index (χ0v) is 20.4. The van der Waals surface area contributed by atoms with Gasteiger partial charge in [-0.3, -0.25) is 15.0 Å². The number of hydrogen-bond donors (Lipinski definition) is 3. The Balaban J connectivity index is 1.74. The van der Waals surface area contributed by atoms with E-state index in [9.17, 15) is 20.0 Å². The number of amides is 1. The van der Waals surface area contributed by atoms with Gasteiger partial charge in [0.2, 0.25) is 0 Å². The molecule has 3 aromatic rings. The molecule has 1 aliphatic rings. The van der Waals surface area contributed by atoms with Crippen LogP contribution in [-0.2, 0) is 6.54 Å². The number of non-ortho nitro benzene ring substituents is 1. The molecule has 4 rings (SSSR count). The third kappa shape index (κ3) is 5.35. The first-order valence-electron chi connectivity index (χ1n) is 11.7. The zero-order valence-electron chi connectivity index (χ0n) is 20.4. The number of nitrogens with one attached hydrogen (secondary N) is 2. The van der Waals surface area contributed by atoms with Gasteiger partial charge in [0.25, 0.3) is 5.69 Å². The highest BCUT2D eigenvalue weighted by atomic mass is 16.6. The summed E-state index contributed by atoms with van der Waals surface area (Å²) >= 11 is 0. The van der Waals surface area contributed by atoms with Crippen molar-refractivity contribution in [2.45, 2.75) is 64.6 Å². The van der Waals surface area contributed by atoms with Crippen molar-refractivity contribution in [1.82, 2.24) is 19.9 Å². The molecule has 11 heteroatoms. The summed E-state index contributed by atoms with van der Waals surface area (Å²) in [5.41, 5.74) is 1.96. The van der Waals surface area contributed by atoms with Gasteiger partial charge in [0.1, 0.15) is 11.6 Å². The van der Waals surface area contributed by atoms with Crippen LogP contribution in [0.2, 0.25) is 0 Å². The second kappa shape index (κ2) is 9.49. The Hall–Kier alpha value is -3.73. The van der Waals surface area contributed by atoms with E-state index in [1.54, 1.807) is 24.4 Å². The first-order chi connectivity index (χ1) is 16.5. The topological polar surface area (TPSA) is 138 Å². The van der Waals surface area contributed by atoms with E-state index < -0.39 is 11.0 Å². The minimum absolute atomic E-state index is 0.0778. The Morgan fingerprint density at radius 3 is 2.80 bits per heavy atom. The minimum atomic E-state index is -1.20. The van der Waals surface area contributed by atoms with Crippen molar-refractivity contribution in [2.75, 3.05) is 16.8 Å². The van der Waals surface area contributed by atoms with Gasteiger partial charge in [-0.1, -0.05) is 26.0 Å². The second-order valence-electron chi connectivity index (χ2n) is 9.93. The van der Waals surface area contributed by atoms with Crippen molar-refractivity contribution < 1.29 is 14.8 Å². The van der Waals surface area contributed by atoms with Gasteiger partial charge in [-0.2, -0.15) is 9.61 Å². The van der Waals surface area contributed by atoms with E-state index in [0.29, 0.717) is 22.8 Å². The number of nitrogens with zero attached hydrogens (tertiary/aromatic N) is 5. The predicted molar refractivity (Wildman–Crippen MR) is 133 cm³/mol. The maximum atomic E-state index is 12.4. The molecule has 3 N–H and O–H groups in total. The molecule has 3 heterocycles. The molecule has 1 amide bonds. The predicted octanol–water partition coefficient (Wildman–Crippen LogP) is 4.39. The van der Waals surface area contributed by atoms with Crippen LogP contribution in [0.5, 0.6) is 0 Å². The summed E-state index contributed by atoms with van der Waals surface area (Å²) in [6, 6.07) is 7.79. The fourth-order valence-electron chi connectivity index (χ4n) is 4.29. The molecule has 1 aromatic carbocycles. The van der Waals surface area contributed by atoms with Crippen LogP contribution < -0.4 is 15.5 Å². The largest absolute Gasteiger partial charge is 0.465 e. The fourth-order valence-corrected chi connectivity index (χ4v) is 4.29. The van der Waals surface area contributed by atoms with Gasteiger partial charge < -0.3 is 15.7 Å². The molecule has 1 saturated heterocycles. The fraction of sp³-hybridized carbons (Fsp3) is 0.458. The highest BCUT2D eigenvalue weighted by Crippen LogP contribution is 2.29. The van der Waals surface area contributed by atoms with Crippen LogP contribution in [0.15, 0.2) is 36.5 Å². The lowest BCUT2D eigenvalue weighted by atomic mass is 9.91. The Labute approximate surface area is 203 Å². The number of nitro groups is 1. The molecule has 0 aliphatic carbocycles. The Morgan fingerprint density at radius 2 is 2.17 bits per heavy atom. The van der Waals surface area contributed by atoms with Crippen molar-refractivity contribution in [3.05, 3.63) is 57.8 Å². The van der Waals surface area contributed by atoms with Crippen molar-refractivity contribution in [2.24, 2.45) is 0 Å². The SMILES string of the molecule is CC(C)c1cnn2c(N(Cc3cccc([N+](=O)[O-])c3)C(=O)O)cc(NC3CCC(C)(C)NC3)nc12. The average molecular weight is 482 g/mol. The summed E-state index contributed by atoms with van der Waals surface area (Å²) in [4.78, 5) is 29.0. The number of piperidine rings is 1. The Kier molecular flexibility index (Phi) is 6.62. The van der Waals surface area contributed by atoms with Gasteiger partial charge in [-0.15, -0.1) is 0 Å². The quantitative estimate of drug-likeness (QED) is 0.334. The van der Waals surface area contributed by atoms with E-state index in [2.05, 4.69) is 29.6 Å². The molecule has 0 radical (unpaired) electrons. The van der Waals surface area contributed by atoms with E-state index in [1.165, 1.54) is 16.6 Å². The number of fused-ring (bicyclic) bond motifs is 1. The third-order valence-electron chi connectivity index (χ3n) is 6.37. The Morgan fingerprint density at radius 1 is 1.40 bits per heavy atom. The summed E-state index contributed by atoms with van der Waals surface area (Å²) in [5.74, 6) is 1.01. The number of carboxylic acid groups (broad SMARTS) is 1. The first-order valence-corrected chi connectivity index (χ1v) is 11.7. The maximum Gasteiger partial charge on any atom is 0.413 e. The monoisotopic (exact) mass is 481 g/mol. The standard InChI is InChI=1S/C24H31N7O4/c1-15(2)19-13-26-30-21(29(23(32)33)14-16-6-5-7-18(10-16)31(34)35)11-20(28-22(19)30)27-17-8-9-24(3,4)25-12-17/h5-7,10-11,13,15,17,25H,8-9,12,14H2,1-4H3,(H,27,28)(H,32,33). The Bertz CT molecular complexity index is 1240. The van der Waals surface area contributed by atoms with Crippen molar-refractivity contribution in [3.63, 3.8) is 0 Å². The average Bonchev–Trinajstić information content (AvgIpc) is 3.23. The number of aromatic nitrogens is 3. The summed E-state index contributed by atoms with van der Waals surface area (Å²) in [7, 11) is 0. The number of rotatable bonds is 7. The van der Waals surface area contributed by atoms with E-state index in [1.807, 2.05) is 13.8 Å². The molecule has 0 bridgehead atoms. The van der Waals surface area contributed by atoms with Gasteiger partial charge in [0.15, 0.2) is 5.65 Å². The number of anilines is 2. The molecule has 186 valence electrons. The number of nitro benzene ring substituents is 1. The molecule has 2 aromatic heterocycles. The summed E-state index contributed by atoms with van der Waals surface area (Å²) < 4.78 is 1.52. The molecule has 1 fully saturated rings. The van der Waals surface area contributed by atoms with E-state index in [4.69, 9.17) is 4.98 Å². The van der Waals surface area contributed by atoms with Crippen LogP contribution >= 0.6 is 0 Å². The minimum Gasteiger partial charge on any atom is -0.465 e. The summed E-state index contributed by atoms with van der Waals surface area (Å²) in [6.45, 7) is 9.09. The van der Waals surface area contributed by atoms with E-state index in [0.717, 1.165) is 29.8 Å².